The molecule has 5 rings (SSSR count). The quantitative estimate of drug-likeness (QED) is 0.220. The van der Waals surface area contributed by atoms with Gasteiger partial charge in [0.25, 0.3) is 5.91 Å². The largest absolute Gasteiger partial charge is 0.489 e. The van der Waals surface area contributed by atoms with E-state index in [2.05, 4.69) is 10.3 Å². The van der Waals surface area contributed by atoms with Crippen molar-refractivity contribution in [3.8, 4) is 16.9 Å². The number of nitrogens with zero attached hydrogens (tertiary/aromatic N) is 2. The number of amides is 1. The number of nitrogens with one attached hydrogen (secondary N) is 1. The maximum atomic E-state index is 12.9. The van der Waals surface area contributed by atoms with Gasteiger partial charge in [0, 0.05) is 34.4 Å². The summed E-state index contributed by atoms with van der Waals surface area (Å²) in [5, 5.41) is 13.4. The molecule has 0 saturated heterocycles. The van der Waals surface area contributed by atoms with Crippen molar-refractivity contribution in [3.63, 3.8) is 0 Å². The van der Waals surface area contributed by atoms with E-state index in [0.717, 1.165) is 22.3 Å². The Labute approximate surface area is 234 Å². The molecule has 0 radical (unpaired) electrons. The highest BCUT2D eigenvalue weighted by Crippen LogP contribution is 2.30. The number of aliphatic carboxylic acids is 1. The number of carbonyl (C=O) groups excluding carboxylic acids is 1. The van der Waals surface area contributed by atoms with E-state index in [0.29, 0.717) is 28.0 Å². The van der Waals surface area contributed by atoms with Gasteiger partial charge in [0.2, 0.25) is 0 Å². The third-order valence-electron chi connectivity index (χ3n) is 6.14. The predicted octanol–water partition coefficient (Wildman–Crippen LogP) is 6.31. The van der Waals surface area contributed by atoms with Crippen LogP contribution in [0.2, 0.25) is 10.0 Å². The van der Waals surface area contributed by atoms with Gasteiger partial charge in [-0.15, -0.1) is 0 Å². The summed E-state index contributed by atoms with van der Waals surface area (Å²) in [5.74, 6) is -1.06. The number of hydrogen-bond donors (Lipinski definition) is 2. The van der Waals surface area contributed by atoms with Crippen LogP contribution < -0.4 is 10.1 Å². The zero-order chi connectivity index (χ0) is 27.4. The second kappa shape index (κ2) is 11.6. The van der Waals surface area contributed by atoms with Gasteiger partial charge >= 0.3 is 5.97 Å². The van der Waals surface area contributed by atoms with Gasteiger partial charge in [0.1, 0.15) is 29.7 Å². The Morgan fingerprint density at radius 3 is 2.41 bits per heavy atom. The third-order valence-corrected chi connectivity index (χ3v) is 6.69. The molecule has 2 N–H and O–H groups in total. The van der Waals surface area contributed by atoms with Crippen molar-refractivity contribution in [2.75, 3.05) is 0 Å². The van der Waals surface area contributed by atoms with Crippen LogP contribution in [0.3, 0.4) is 0 Å². The minimum atomic E-state index is -1.14. The Hall–Kier alpha value is -4.33. The first-order valence-electron chi connectivity index (χ1n) is 12.1. The van der Waals surface area contributed by atoms with Gasteiger partial charge in [-0.1, -0.05) is 71.7 Å². The molecule has 0 aliphatic carbocycles. The lowest BCUT2D eigenvalue weighted by atomic mass is 10.1. The van der Waals surface area contributed by atoms with Crippen LogP contribution >= 0.6 is 23.2 Å². The van der Waals surface area contributed by atoms with E-state index >= 15 is 0 Å². The van der Waals surface area contributed by atoms with Crippen molar-refractivity contribution in [1.29, 1.82) is 0 Å². The normalized spacial score (nSPS) is 11.7. The highest BCUT2D eigenvalue weighted by atomic mass is 35.5. The molecule has 0 aliphatic heterocycles. The molecular formula is C30H23Cl2N3O4. The van der Waals surface area contributed by atoms with E-state index in [9.17, 15) is 14.7 Å². The molecule has 9 heteroatoms. The SMILES string of the molecule is O=C(NC(Cc1ccc(OCc2ccccc2)cc1)C(=O)O)c1cn2cc(-c3ccc(Cl)cc3Cl)ccc2n1. The van der Waals surface area contributed by atoms with E-state index < -0.39 is 17.9 Å². The summed E-state index contributed by atoms with van der Waals surface area (Å²) in [7, 11) is 0. The maximum Gasteiger partial charge on any atom is 0.326 e. The molecule has 0 aliphatic rings. The monoisotopic (exact) mass is 559 g/mol. The standard InChI is InChI=1S/C30H23Cl2N3O4/c31-22-9-12-24(25(32)15-22)21-8-13-28-33-27(17-35(28)16-21)29(36)34-26(30(37)38)14-19-6-10-23(11-7-19)39-18-20-4-2-1-3-5-20/h1-13,15-17,26H,14,18H2,(H,34,36)(H,37,38). The number of rotatable bonds is 9. The van der Waals surface area contributed by atoms with Crippen LogP contribution in [-0.4, -0.2) is 32.4 Å². The Kier molecular flexibility index (Phi) is 7.81. The number of imidazole rings is 1. The molecule has 0 fully saturated rings. The maximum absolute atomic E-state index is 12.9. The smallest absolute Gasteiger partial charge is 0.326 e. The molecule has 7 nitrogen and oxygen atoms in total. The van der Waals surface area contributed by atoms with E-state index in [1.54, 1.807) is 59.3 Å². The number of carbonyl (C=O) groups is 2. The van der Waals surface area contributed by atoms with Crippen molar-refractivity contribution in [3.05, 3.63) is 124 Å². The van der Waals surface area contributed by atoms with E-state index in [1.165, 1.54) is 0 Å². The second-order valence-electron chi connectivity index (χ2n) is 8.92. The number of ether oxygens (including phenoxy) is 1. The fraction of sp³-hybridized carbons (Fsp3) is 0.100. The Bertz CT molecular complexity index is 1640. The van der Waals surface area contributed by atoms with Crippen LogP contribution in [-0.2, 0) is 17.8 Å². The number of carboxylic acids is 1. The van der Waals surface area contributed by atoms with Crippen molar-refractivity contribution in [2.24, 2.45) is 0 Å². The van der Waals surface area contributed by atoms with Gasteiger partial charge < -0.3 is 19.6 Å². The number of aromatic nitrogens is 2. The lowest BCUT2D eigenvalue weighted by molar-refractivity contribution is -0.139. The minimum absolute atomic E-state index is 0.102. The molecule has 0 saturated carbocycles. The summed E-state index contributed by atoms with van der Waals surface area (Å²) in [5.41, 5.74) is 4.02. The molecule has 1 atom stereocenters. The number of benzene rings is 3. The number of fused-ring (bicyclic) bond motifs is 1. The lowest BCUT2D eigenvalue weighted by Gasteiger charge is -2.14. The van der Waals surface area contributed by atoms with Gasteiger partial charge in [0.05, 0.1) is 0 Å². The molecule has 0 bridgehead atoms. The minimum Gasteiger partial charge on any atom is -0.489 e. The summed E-state index contributed by atoms with van der Waals surface area (Å²) in [4.78, 5) is 29.2. The van der Waals surface area contributed by atoms with E-state index in [-0.39, 0.29) is 12.1 Å². The number of hydrogen-bond acceptors (Lipinski definition) is 4. The van der Waals surface area contributed by atoms with Crippen molar-refractivity contribution < 1.29 is 19.4 Å². The molecular weight excluding hydrogens is 537 g/mol. The van der Waals surface area contributed by atoms with Crippen LogP contribution in [0.4, 0.5) is 0 Å². The molecule has 39 heavy (non-hydrogen) atoms. The summed E-state index contributed by atoms with van der Waals surface area (Å²) >= 11 is 12.3. The first-order valence-corrected chi connectivity index (χ1v) is 12.8. The van der Waals surface area contributed by atoms with Crippen LogP contribution in [0.5, 0.6) is 5.75 Å². The number of carboxylic acid groups (broad SMARTS) is 1. The van der Waals surface area contributed by atoms with Gasteiger partial charge in [0.15, 0.2) is 0 Å². The zero-order valence-electron chi connectivity index (χ0n) is 20.6. The van der Waals surface area contributed by atoms with Gasteiger partial charge in [-0.2, -0.15) is 0 Å². The summed E-state index contributed by atoms with van der Waals surface area (Å²) in [6, 6.07) is 24.6. The lowest BCUT2D eigenvalue weighted by Crippen LogP contribution is -2.42. The number of pyridine rings is 1. The predicted molar refractivity (Wildman–Crippen MR) is 150 cm³/mol. The topological polar surface area (TPSA) is 92.9 Å². The zero-order valence-corrected chi connectivity index (χ0v) is 22.1. The third kappa shape index (κ3) is 6.39. The average molecular weight is 560 g/mol. The van der Waals surface area contributed by atoms with Crippen LogP contribution in [0.15, 0.2) is 97.3 Å². The van der Waals surface area contributed by atoms with Gasteiger partial charge in [-0.25, -0.2) is 9.78 Å². The fourth-order valence-electron chi connectivity index (χ4n) is 4.11. The van der Waals surface area contributed by atoms with Crippen LogP contribution in [0.1, 0.15) is 21.6 Å². The molecule has 3 aromatic carbocycles. The van der Waals surface area contributed by atoms with Crippen molar-refractivity contribution in [1.82, 2.24) is 14.7 Å². The molecule has 2 heterocycles. The highest BCUT2D eigenvalue weighted by molar-refractivity contribution is 6.36. The Morgan fingerprint density at radius 2 is 1.69 bits per heavy atom. The second-order valence-corrected chi connectivity index (χ2v) is 9.76. The molecule has 196 valence electrons. The first kappa shape index (κ1) is 26.3. The first-order chi connectivity index (χ1) is 18.9. The highest BCUT2D eigenvalue weighted by Gasteiger charge is 2.23. The van der Waals surface area contributed by atoms with Crippen LogP contribution in [0, 0.1) is 0 Å². The van der Waals surface area contributed by atoms with E-state index in [1.807, 2.05) is 42.5 Å². The number of halogens is 2. The molecule has 5 aromatic rings. The summed E-state index contributed by atoms with van der Waals surface area (Å²) in [6.45, 7) is 0.432. The van der Waals surface area contributed by atoms with E-state index in [4.69, 9.17) is 27.9 Å². The van der Waals surface area contributed by atoms with Gasteiger partial charge in [-0.3, -0.25) is 4.79 Å². The fourth-order valence-corrected chi connectivity index (χ4v) is 4.63. The Morgan fingerprint density at radius 1 is 0.923 bits per heavy atom. The van der Waals surface area contributed by atoms with Crippen molar-refractivity contribution >= 4 is 40.7 Å². The van der Waals surface area contributed by atoms with Gasteiger partial charge in [-0.05, 0) is 53.1 Å². The molecule has 2 aromatic heterocycles. The summed E-state index contributed by atoms with van der Waals surface area (Å²) < 4.78 is 7.48. The Balaban J connectivity index is 1.25. The summed E-state index contributed by atoms with van der Waals surface area (Å²) in [6.07, 6.45) is 3.45. The van der Waals surface area contributed by atoms with Crippen LogP contribution in [0.25, 0.3) is 16.8 Å². The molecule has 1 amide bonds. The molecule has 1 unspecified atom stereocenters. The molecule has 0 spiro atoms. The van der Waals surface area contributed by atoms with Crippen molar-refractivity contribution in [2.45, 2.75) is 19.1 Å². The average Bonchev–Trinajstić information content (AvgIpc) is 3.36.